The summed E-state index contributed by atoms with van der Waals surface area (Å²) in [6, 6.07) is 132. The number of hydrogen-bond donors (Lipinski definition) is 0. The van der Waals surface area contributed by atoms with E-state index in [4.69, 9.17) is 0 Å². The standard InChI is InChI=1S/C102H70N4/c1-101(2)84-38-16-12-33-77(84)82-62-74(49-50-86(82)101)104-87-40-18-13-34-79(87)97-91(104)52-53-93-99(97)83-61-70(48-51-90(83)103(93)73-31-22-30-69(58-73)68-29-21-28-67(56-68)63-24-7-5-8-25-63)65-44-46-66(47-45-65)72-57-71(64-26-9-6-10-27-64)59-75(60-72)105-88-41-19-14-35-80(88)96-92(105)54-55-94-98(96)81-36-15-20-42-89(81)106(94)95-43-23-37-78-76-32-11-17-39-85(76)102(3,4)100(78)95/h5-62H,1-4H3. The maximum Gasteiger partial charge on any atom is 0.0549 e. The van der Waals surface area contributed by atoms with E-state index in [0.717, 1.165) is 55.9 Å². The number of para-hydroxylation sites is 3. The Labute approximate surface area is 614 Å². The van der Waals surface area contributed by atoms with E-state index in [2.05, 4.69) is 398 Å². The van der Waals surface area contributed by atoms with Gasteiger partial charge in [-0.05, 0) is 209 Å². The fourth-order valence-electron chi connectivity index (χ4n) is 19.1. The Morgan fingerprint density at radius 2 is 0.547 bits per heavy atom. The summed E-state index contributed by atoms with van der Waals surface area (Å²) in [6.07, 6.45) is 0. The monoisotopic (exact) mass is 1350 g/mol. The SMILES string of the molecule is CC1(C)c2ccccc2-c2cc(-n3c4ccccc4c4c5c6cc(-c7ccc(-c8cc(-c9ccccc9)cc(-n9c%10ccccc%10c%10c%11c%12ccccc%12n(-c%12cccc%13c%12C(C)(C)c%12ccccc%12-%13)c%11ccc%109)c8)cc7)ccc6n(-c6cccc(-c7cccc(-c8ccccc8)c7)c6)c5ccc43)ccc21. The average molecular weight is 1350 g/mol. The quantitative estimate of drug-likeness (QED) is 0.137. The van der Waals surface area contributed by atoms with E-state index < -0.39 is 0 Å². The van der Waals surface area contributed by atoms with Crippen LogP contribution in [0.15, 0.2) is 352 Å². The van der Waals surface area contributed by atoms with Gasteiger partial charge in [0.1, 0.15) is 0 Å². The van der Waals surface area contributed by atoms with Gasteiger partial charge in [0.25, 0.3) is 0 Å². The zero-order valence-electron chi connectivity index (χ0n) is 59.3. The van der Waals surface area contributed by atoms with Crippen LogP contribution < -0.4 is 0 Å². The number of rotatable bonds is 9. The van der Waals surface area contributed by atoms with E-state index in [1.807, 2.05) is 0 Å². The van der Waals surface area contributed by atoms with E-state index >= 15 is 0 Å². The first-order valence-corrected chi connectivity index (χ1v) is 37.1. The van der Waals surface area contributed by atoms with E-state index in [9.17, 15) is 0 Å². The topological polar surface area (TPSA) is 19.7 Å². The molecule has 2 aliphatic carbocycles. The van der Waals surface area contributed by atoms with Crippen LogP contribution in [-0.4, -0.2) is 18.3 Å². The summed E-state index contributed by atoms with van der Waals surface area (Å²) in [5, 5.41) is 9.92. The second-order valence-corrected chi connectivity index (χ2v) is 30.3. The van der Waals surface area contributed by atoms with Crippen molar-refractivity contribution in [1.82, 2.24) is 18.3 Å². The van der Waals surface area contributed by atoms with Crippen LogP contribution in [0, 0.1) is 0 Å². The van der Waals surface area contributed by atoms with Crippen molar-refractivity contribution >= 4 is 87.2 Å². The molecule has 20 aromatic rings. The second-order valence-electron chi connectivity index (χ2n) is 30.3. The van der Waals surface area contributed by atoms with E-state index in [0.29, 0.717) is 0 Å². The molecule has 0 aliphatic heterocycles. The third kappa shape index (κ3) is 8.70. The van der Waals surface area contributed by atoms with Crippen LogP contribution in [0.1, 0.15) is 49.9 Å². The molecule has 4 heterocycles. The maximum atomic E-state index is 2.55. The highest BCUT2D eigenvalue weighted by molar-refractivity contribution is 6.31. The lowest BCUT2D eigenvalue weighted by Gasteiger charge is -2.25. The van der Waals surface area contributed by atoms with Gasteiger partial charge in [0.05, 0.1) is 49.8 Å². The van der Waals surface area contributed by atoms with Crippen molar-refractivity contribution in [3.05, 3.63) is 374 Å². The van der Waals surface area contributed by atoms with Crippen LogP contribution in [0.4, 0.5) is 0 Å². The molecule has 4 aromatic heterocycles. The smallest absolute Gasteiger partial charge is 0.0549 e. The molecule has 0 bridgehead atoms. The van der Waals surface area contributed by atoms with Crippen LogP contribution >= 0.6 is 0 Å². The van der Waals surface area contributed by atoms with Crippen molar-refractivity contribution < 1.29 is 0 Å². The number of benzene rings is 16. The fraction of sp³-hybridized carbons (Fsp3) is 0.0588. The molecule has 2 aliphatic rings. The van der Waals surface area contributed by atoms with Crippen LogP contribution in [0.2, 0.25) is 0 Å². The van der Waals surface area contributed by atoms with Gasteiger partial charge >= 0.3 is 0 Å². The molecule has 0 fully saturated rings. The predicted octanol–water partition coefficient (Wildman–Crippen LogP) is 27.0. The minimum Gasteiger partial charge on any atom is -0.309 e. The largest absolute Gasteiger partial charge is 0.309 e. The highest BCUT2D eigenvalue weighted by Gasteiger charge is 2.39. The minimum absolute atomic E-state index is 0.0951. The van der Waals surface area contributed by atoms with Crippen LogP contribution in [0.3, 0.4) is 0 Å². The summed E-state index contributed by atoms with van der Waals surface area (Å²) >= 11 is 0. The lowest BCUT2D eigenvalue weighted by atomic mass is 9.81. The Bertz CT molecular complexity index is 7110. The Morgan fingerprint density at radius 3 is 1.16 bits per heavy atom. The van der Waals surface area contributed by atoms with Gasteiger partial charge in [-0.15, -0.1) is 0 Å². The van der Waals surface area contributed by atoms with Crippen molar-refractivity contribution in [2.45, 2.75) is 38.5 Å². The zero-order valence-corrected chi connectivity index (χ0v) is 59.3. The molecule has 0 atom stereocenters. The number of fused-ring (bicyclic) bond motifs is 20. The normalized spacial score (nSPS) is 13.4. The van der Waals surface area contributed by atoms with Crippen LogP contribution in [0.25, 0.3) is 188 Å². The van der Waals surface area contributed by atoms with Gasteiger partial charge < -0.3 is 18.3 Å². The predicted molar refractivity (Wildman–Crippen MR) is 446 cm³/mol. The minimum atomic E-state index is -0.193. The van der Waals surface area contributed by atoms with E-state index in [-0.39, 0.29) is 10.8 Å². The molecule has 4 nitrogen and oxygen atoms in total. The molecule has 0 radical (unpaired) electrons. The van der Waals surface area contributed by atoms with Crippen molar-refractivity contribution in [1.29, 1.82) is 0 Å². The lowest BCUT2D eigenvalue weighted by Crippen LogP contribution is -2.17. The Hall–Kier alpha value is -13.3. The van der Waals surface area contributed by atoms with Crippen molar-refractivity contribution in [2.24, 2.45) is 0 Å². The highest BCUT2D eigenvalue weighted by Crippen LogP contribution is 2.54. The lowest BCUT2D eigenvalue weighted by molar-refractivity contribution is 0.656. The van der Waals surface area contributed by atoms with Crippen LogP contribution in [-0.2, 0) is 10.8 Å². The number of nitrogens with zero attached hydrogens (tertiary/aromatic N) is 4. The molecule has 0 amide bonds. The third-order valence-electron chi connectivity index (χ3n) is 23.9. The van der Waals surface area contributed by atoms with E-state index in [1.165, 1.54) is 154 Å². The summed E-state index contributed by atoms with van der Waals surface area (Å²) in [7, 11) is 0. The maximum absolute atomic E-state index is 2.55. The molecular formula is C102H70N4. The molecule has 0 saturated carbocycles. The highest BCUT2D eigenvalue weighted by atomic mass is 15.0. The molecule has 0 unspecified atom stereocenters. The summed E-state index contributed by atoms with van der Waals surface area (Å²) in [5.41, 5.74) is 36.2. The first kappa shape index (κ1) is 60.3. The third-order valence-corrected chi connectivity index (χ3v) is 23.9. The van der Waals surface area contributed by atoms with E-state index in [1.54, 1.807) is 0 Å². The summed E-state index contributed by atoms with van der Waals surface area (Å²) in [6.45, 7) is 9.52. The molecule has 106 heavy (non-hydrogen) atoms. The Morgan fingerprint density at radius 1 is 0.189 bits per heavy atom. The van der Waals surface area contributed by atoms with Gasteiger partial charge in [-0.3, -0.25) is 0 Å². The van der Waals surface area contributed by atoms with Gasteiger partial charge in [0.15, 0.2) is 0 Å². The van der Waals surface area contributed by atoms with Crippen molar-refractivity contribution in [3.8, 4) is 101 Å². The van der Waals surface area contributed by atoms with Crippen LogP contribution in [0.5, 0.6) is 0 Å². The van der Waals surface area contributed by atoms with Gasteiger partial charge in [-0.25, -0.2) is 0 Å². The summed E-state index contributed by atoms with van der Waals surface area (Å²) < 4.78 is 10.1. The molecule has 0 spiro atoms. The van der Waals surface area contributed by atoms with Crippen molar-refractivity contribution in [2.75, 3.05) is 0 Å². The first-order valence-electron chi connectivity index (χ1n) is 37.1. The molecule has 0 saturated heterocycles. The first-order chi connectivity index (χ1) is 52.1. The molecule has 4 heteroatoms. The fourth-order valence-corrected chi connectivity index (χ4v) is 19.1. The Kier molecular flexibility index (Phi) is 12.9. The number of aromatic nitrogens is 4. The van der Waals surface area contributed by atoms with Crippen molar-refractivity contribution in [3.63, 3.8) is 0 Å². The Balaban J connectivity index is 0.707. The van der Waals surface area contributed by atoms with Gasteiger partial charge in [-0.2, -0.15) is 0 Å². The van der Waals surface area contributed by atoms with Gasteiger partial charge in [-0.1, -0.05) is 270 Å². The second kappa shape index (κ2) is 22.6. The molecule has 22 rings (SSSR count). The molecule has 0 N–H and O–H groups in total. The summed E-state index contributed by atoms with van der Waals surface area (Å²) in [5.74, 6) is 0. The van der Waals surface area contributed by atoms with Gasteiger partial charge in [0, 0.05) is 71.0 Å². The molecule has 16 aromatic carbocycles. The zero-order chi connectivity index (χ0) is 70.3. The number of hydrogen-bond acceptors (Lipinski definition) is 0. The summed E-state index contributed by atoms with van der Waals surface area (Å²) in [4.78, 5) is 0. The molecular weight excluding hydrogens is 1280 g/mol. The molecule has 498 valence electrons. The average Bonchev–Trinajstić information content (AvgIpc) is 1.54. The van der Waals surface area contributed by atoms with Gasteiger partial charge in [0.2, 0.25) is 0 Å².